The van der Waals surface area contributed by atoms with Crippen molar-refractivity contribution in [3.05, 3.63) is 163 Å². The molecule has 10 rings (SSSR count). The van der Waals surface area contributed by atoms with Gasteiger partial charge in [0.2, 0.25) is 0 Å². The van der Waals surface area contributed by atoms with E-state index in [1.165, 1.54) is 24.0 Å². The van der Waals surface area contributed by atoms with Gasteiger partial charge in [0.1, 0.15) is 22.5 Å². The summed E-state index contributed by atoms with van der Waals surface area (Å²) in [7, 11) is 1.67. The van der Waals surface area contributed by atoms with E-state index in [0.717, 1.165) is 103 Å². The van der Waals surface area contributed by atoms with Crippen LogP contribution in [0.4, 0.5) is 0 Å². The van der Waals surface area contributed by atoms with Crippen molar-refractivity contribution >= 4 is 56.3 Å². The van der Waals surface area contributed by atoms with E-state index in [1.807, 2.05) is 103 Å². The number of aromatic hydroxyl groups is 1. The Labute approximate surface area is 377 Å². The largest absolute Gasteiger partial charge is 0.508 e. The number of hydrogen-bond donors (Lipinski definition) is 1. The van der Waals surface area contributed by atoms with Crippen LogP contribution in [0.2, 0.25) is 10.0 Å². The van der Waals surface area contributed by atoms with Crippen molar-refractivity contribution in [2.45, 2.75) is 63.5 Å². The minimum absolute atomic E-state index is 0.0182. The predicted octanol–water partition coefficient (Wildman–Crippen LogP) is 10.1. The summed E-state index contributed by atoms with van der Waals surface area (Å²) in [6.45, 7) is 7.70. The van der Waals surface area contributed by atoms with Gasteiger partial charge in [-0.3, -0.25) is 9.59 Å². The Morgan fingerprint density at radius 1 is 0.540 bits per heavy atom. The number of aromatic nitrogens is 4. The number of hydrogen-bond acceptors (Lipinski definition) is 6. The van der Waals surface area contributed by atoms with Gasteiger partial charge in [-0.25, -0.2) is 0 Å². The number of phenols is 1. The molecule has 326 valence electrons. The molecule has 2 aliphatic heterocycles. The summed E-state index contributed by atoms with van der Waals surface area (Å²) in [6.07, 6.45) is 10.3. The summed E-state index contributed by atoms with van der Waals surface area (Å²) in [5.74, 6) is 2.21. The fourth-order valence-electron chi connectivity index (χ4n) is 9.81. The molecule has 4 aromatic heterocycles. The van der Waals surface area contributed by atoms with Crippen molar-refractivity contribution in [1.29, 1.82) is 0 Å². The summed E-state index contributed by atoms with van der Waals surface area (Å²) in [4.78, 5) is 31.2. The van der Waals surface area contributed by atoms with Crippen LogP contribution < -0.4 is 15.9 Å². The van der Waals surface area contributed by atoms with Crippen LogP contribution in [-0.4, -0.2) is 79.2 Å². The van der Waals surface area contributed by atoms with Crippen molar-refractivity contribution in [3.63, 3.8) is 0 Å². The van der Waals surface area contributed by atoms with Gasteiger partial charge in [0.05, 0.1) is 29.2 Å². The minimum Gasteiger partial charge on any atom is -0.508 e. The molecule has 1 N–H and O–H groups in total. The lowest BCUT2D eigenvalue weighted by Gasteiger charge is -2.32. The SMILES string of the molecule is COc1ccc2c(c1)n1cccc1c(=O)n2CCCN1CCC(c2ccc(Cl)cc2)CC1.O=c1c2cccn2c2cc(O)ccc2n1CCCN1CCC(c2ccc(Cl)cc2)CC1. The molecule has 63 heavy (non-hydrogen) atoms. The average Bonchev–Trinajstić information content (AvgIpc) is 4.02. The summed E-state index contributed by atoms with van der Waals surface area (Å²) in [5, 5.41) is 11.5. The third kappa shape index (κ3) is 9.27. The maximum absolute atomic E-state index is 13.2. The van der Waals surface area contributed by atoms with Crippen LogP contribution >= 0.6 is 23.2 Å². The second-order valence-electron chi connectivity index (χ2n) is 17.0. The maximum atomic E-state index is 13.2. The van der Waals surface area contributed by atoms with Crippen LogP contribution in [0.15, 0.2) is 131 Å². The van der Waals surface area contributed by atoms with E-state index in [0.29, 0.717) is 36.0 Å². The molecule has 0 aliphatic carbocycles. The highest BCUT2D eigenvalue weighted by Crippen LogP contribution is 2.31. The molecule has 0 atom stereocenters. The minimum atomic E-state index is 0.0182. The van der Waals surface area contributed by atoms with Gasteiger partial charge in [0.25, 0.3) is 11.1 Å². The first-order valence-corrected chi connectivity index (χ1v) is 23.0. The fourth-order valence-corrected chi connectivity index (χ4v) is 10.1. The molecule has 4 aromatic carbocycles. The summed E-state index contributed by atoms with van der Waals surface area (Å²) in [5.41, 5.74) is 7.84. The summed E-state index contributed by atoms with van der Waals surface area (Å²) < 4.78 is 13.0. The number of benzene rings is 4. The molecule has 0 unspecified atom stereocenters. The zero-order valence-corrected chi connectivity index (χ0v) is 37.2. The smallest absolute Gasteiger partial charge is 0.275 e. The lowest BCUT2D eigenvalue weighted by molar-refractivity contribution is 0.207. The third-order valence-electron chi connectivity index (χ3n) is 13.2. The maximum Gasteiger partial charge on any atom is 0.275 e. The second kappa shape index (κ2) is 19.1. The Morgan fingerprint density at radius 3 is 1.44 bits per heavy atom. The Bertz CT molecular complexity index is 2960. The predicted molar refractivity (Wildman–Crippen MR) is 256 cm³/mol. The van der Waals surface area contributed by atoms with Crippen molar-refractivity contribution in [1.82, 2.24) is 27.7 Å². The van der Waals surface area contributed by atoms with E-state index in [9.17, 15) is 14.7 Å². The Hall–Kier alpha value is -5.52. The average molecular weight is 886 g/mol. The van der Waals surface area contributed by atoms with Gasteiger partial charge in [-0.05, 0) is 174 Å². The first kappa shape index (κ1) is 42.8. The number of nitrogens with zero attached hydrogens (tertiary/aromatic N) is 6. The van der Waals surface area contributed by atoms with Crippen molar-refractivity contribution < 1.29 is 9.84 Å². The zero-order chi connectivity index (χ0) is 43.5. The van der Waals surface area contributed by atoms with Crippen molar-refractivity contribution in [2.75, 3.05) is 46.4 Å². The molecular formula is C51H54Cl2N6O4. The molecule has 8 aromatic rings. The van der Waals surface area contributed by atoms with Crippen LogP contribution in [0.1, 0.15) is 61.5 Å². The number of piperidine rings is 2. The number of aryl methyl sites for hydroxylation is 2. The third-order valence-corrected chi connectivity index (χ3v) is 13.7. The highest BCUT2D eigenvalue weighted by Gasteiger charge is 2.22. The number of phenolic OH excluding ortho intramolecular Hbond substituents is 1. The number of likely N-dealkylation sites (tertiary alicyclic amines) is 2. The van der Waals surface area contributed by atoms with Crippen LogP contribution in [-0.2, 0) is 13.1 Å². The first-order valence-electron chi connectivity index (χ1n) is 22.2. The van der Waals surface area contributed by atoms with Gasteiger partial charge in [0.15, 0.2) is 0 Å². The zero-order valence-electron chi connectivity index (χ0n) is 35.7. The number of methoxy groups -OCH3 is 1. The van der Waals surface area contributed by atoms with Crippen molar-refractivity contribution in [2.24, 2.45) is 0 Å². The molecule has 10 nitrogen and oxygen atoms in total. The van der Waals surface area contributed by atoms with Crippen LogP contribution in [0.25, 0.3) is 33.1 Å². The first-order chi connectivity index (χ1) is 30.7. The van der Waals surface area contributed by atoms with Crippen molar-refractivity contribution in [3.8, 4) is 11.5 Å². The quantitative estimate of drug-likeness (QED) is 0.139. The van der Waals surface area contributed by atoms with Gasteiger partial charge < -0.3 is 37.6 Å². The summed E-state index contributed by atoms with van der Waals surface area (Å²) >= 11 is 12.0. The van der Waals surface area contributed by atoms with E-state index in [4.69, 9.17) is 27.9 Å². The Kier molecular flexibility index (Phi) is 12.9. The standard InChI is InChI=1S/C26H28ClN3O2.C25H26ClN3O2/c1-32-22-9-10-23-25(18-22)29-14-2-4-24(29)26(31)30(23)15-3-13-28-16-11-20(12-17-28)19-5-7-21(27)8-6-19;26-20-6-4-18(5-7-20)19-10-15-27(16-11-19)12-2-14-29-22-9-8-21(30)17-24(22)28-13-1-3-23(28)25(29)31/h2,4-10,14,18,20H,3,11-13,15-17H2,1H3;1,3-9,13,17,19,30H,2,10-12,14-16H2. The number of fused-ring (bicyclic) bond motifs is 6. The molecular weight excluding hydrogens is 832 g/mol. The van der Waals surface area contributed by atoms with Gasteiger partial charge in [-0.15, -0.1) is 0 Å². The molecule has 0 radical (unpaired) electrons. The van der Waals surface area contributed by atoms with E-state index >= 15 is 0 Å². The molecule has 0 saturated carbocycles. The molecule has 0 amide bonds. The molecule has 0 bridgehead atoms. The summed E-state index contributed by atoms with van der Waals surface area (Å²) in [6, 6.07) is 35.2. The van der Waals surface area contributed by atoms with Crippen LogP contribution in [0, 0.1) is 0 Å². The fraction of sp³-hybridized carbons (Fsp3) is 0.333. The van der Waals surface area contributed by atoms with E-state index < -0.39 is 0 Å². The number of halogens is 2. The number of rotatable bonds is 11. The molecule has 12 heteroatoms. The van der Waals surface area contributed by atoms with Gasteiger partial charge >= 0.3 is 0 Å². The van der Waals surface area contributed by atoms with E-state index in [2.05, 4.69) is 34.1 Å². The molecule has 2 saturated heterocycles. The molecule has 6 heterocycles. The Morgan fingerprint density at radius 2 is 0.984 bits per heavy atom. The van der Waals surface area contributed by atoms with E-state index in [1.54, 1.807) is 19.2 Å². The topological polar surface area (TPSA) is 88.8 Å². The van der Waals surface area contributed by atoms with E-state index in [-0.39, 0.29) is 16.9 Å². The second-order valence-corrected chi connectivity index (χ2v) is 17.9. The van der Waals surface area contributed by atoms with Gasteiger partial charge in [-0.1, -0.05) is 47.5 Å². The number of ether oxygens (including phenoxy) is 1. The highest BCUT2D eigenvalue weighted by molar-refractivity contribution is 6.30. The highest BCUT2D eigenvalue weighted by atomic mass is 35.5. The Balaban J connectivity index is 0.000000160. The van der Waals surface area contributed by atoms with Crippen LogP contribution in [0.3, 0.4) is 0 Å². The van der Waals surface area contributed by atoms with Gasteiger partial charge in [-0.2, -0.15) is 0 Å². The monoisotopic (exact) mass is 884 g/mol. The molecule has 0 spiro atoms. The lowest BCUT2D eigenvalue weighted by Crippen LogP contribution is -2.34. The molecule has 2 fully saturated rings. The molecule has 2 aliphatic rings. The van der Waals surface area contributed by atoms with Crippen LogP contribution in [0.5, 0.6) is 11.5 Å². The lowest BCUT2D eigenvalue weighted by atomic mass is 9.89. The normalized spacial score (nSPS) is 15.7. The van der Waals surface area contributed by atoms with Gasteiger partial charge in [0, 0.05) is 47.7 Å².